The molecule has 5 rings (SSSR count). The van der Waals surface area contributed by atoms with Crippen LogP contribution in [0.1, 0.15) is 5.56 Å². The molecule has 29 heavy (non-hydrogen) atoms. The molecule has 2 N–H and O–H groups in total. The van der Waals surface area contributed by atoms with Gasteiger partial charge in [0, 0.05) is 22.8 Å². The predicted octanol–water partition coefficient (Wildman–Crippen LogP) is 7.32. The molecule has 0 aliphatic carbocycles. The van der Waals surface area contributed by atoms with Crippen molar-refractivity contribution in [2.24, 2.45) is 0 Å². The van der Waals surface area contributed by atoms with Crippen molar-refractivity contribution in [1.82, 2.24) is 9.97 Å². The summed E-state index contributed by atoms with van der Waals surface area (Å²) in [6, 6.07) is 36.2. The van der Waals surface area contributed by atoms with Crippen LogP contribution in [-0.2, 0) is 0 Å². The maximum absolute atomic E-state index is 3.57. The first-order chi connectivity index (χ1) is 14.3. The van der Waals surface area contributed by atoms with Crippen LogP contribution >= 0.6 is 0 Å². The van der Waals surface area contributed by atoms with Gasteiger partial charge in [0.15, 0.2) is 0 Å². The number of nitrogens with one attached hydrogen (secondary N) is 2. The molecule has 0 atom stereocenters. The van der Waals surface area contributed by atoms with E-state index in [4.69, 9.17) is 0 Å². The Balaban J connectivity index is 1.50. The van der Waals surface area contributed by atoms with E-state index in [1.807, 2.05) is 12.1 Å². The normalized spacial score (nSPS) is 10.9. The number of rotatable bonds is 4. The Morgan fingerprint density at radius 1 is 0.414 bits per heavy atom. The van der Waals surface area contributed by atoms with Crippen molar-refractivity contribution >= 4 is 0 Å². The molecule has 2 aromatic heterocycles. The average molecular weight is 374 g/mol. The summed E-state index contributed by atoms with van der Waals surface area (Å²) in [6.07, 6.45) is 0. The highest BCUT2D eigenvalue weighted by Crippen LogP contribution is 2.31. The zero-order valence-corrected chi connectivity index (χ0v) is 16.3. The highest BCUT2D eigenvalue weighted by Gasteiger charge is 2.09. The molecule has 3 aromatic carbocycles. The fourth-order valence-corrected chi connectivity index (χ4v) is 3.79. The number of H-pyrrole nitrogens is 2. The first-order valence-electron chi connectivity index (χ1n) is 9.87. The fourth-order valence-electron chi connectivity index (χ4n) is 3.79. The Bertz CT molecular complexity index is 1150. The van der Waals surface area contributed by atoms with E-state index in [1.54, 1.807) is 0 Å². The van der Waals surface area contributed by atoms with Crippen molar-refractivity contribution < 1.29 is 0 Å². The second-order valence-corrected chi connectivity index (χ2v) is 7.39. The molecule has 2 nitrogen and oxygen atoms in total. The van der Waals surface area contributed by atoms with E-state index in [-0.39, 0.29) is 0 Å². The van der Waals surface area contributed by atoms with Crippen molar-refractivity contribution in [2.75, 3.05) is 0 Å². The van der Waals surface area contributed by atoms with Crippen LogP contribution in [-0.4, -0.2) is 9.97 Å². The number of benzene rings is 3. The Morgan fingerprint density at radius 3 is 1.21 bits per heavy atom. The Kier molecular flexibility index (Phi) is 4.38. The van der Waals surface area contributed by atoms with Gasteiger partial charge in [-0.3, -0.25) is 0 Å². The van der Waals surface area contributed by atoms with Crippen LogP contribution < -0.4 is 0 Å². The number of aromatic amines is 2. The van der Waals surface area contributed by atoms with Crippen molar-refractivity contribution in [2.45, 2.75) is 6.92 Å². The molecule has 140 valence electrons. The van der Waals surface area contributed by atoms with Crippen LogP contribution in [0.4, 0.5) is 0 Å². The lowest BCUT2D eigenvalue weighted by atomic mass is 10.0. The van der Waals surface area contributed by atoms with Crippen molar-refractivity contribution in [3.8, 4) is 45.0 Å². The largest absolute Gasteiger partial charge is 0.355 e. The lowest BCUT2D eigenvalue weighted by molar-refractivity contribution is 1.35. The van der Waals surface area contributed by atoms with Gasteiger partial charge in [0.2, 0.25) is 0 Å². The summed E-state index contributed by atoms with van der Waals surface area (Å²) in [6.45, 7) is 2.15. The van der Waals surface area contributed by atoms with E-state index in [0.717, 1.165) is 22.8 Å². The fraction of sp³-hybridized carbons (Fsp3) is 0.0370. The van der Waals surface area contributed by atoms with Crippen molar-refractivity contribution in [3.05, 3.63) is 109 Å². The van der Waals surface area contributed by atoms with E-state index < -0.39 is 0 Å². The van der Waals surface area contributed by atoms with Gasteiger partial charge in [-0.1, -0.05) is 60.7 Å². The molecular formula is C27H22N2. The molecule has 0 amide bonds. The summed E-state index contributed by atoms with van der Waals surface area (Å²) < 4.78 is 0. The highest BCUT2D eigenvalue weighted by atomic mass is 14.7. The molecule has 2 heteroatoms. The molecule has 5 aromatic rings. The average Bonchev–Trinajstić information content (AvgIpc) is 3.45. The van der Waals surface area contributed by atoms with Gasteiger partial charge in [-0.15, -0.1) is 0 Å². The maximum Gasteiger partial charge on any atom is 0.0459 e. The van der Waals surface area contributed by atoms with E-state index in [9.17, 15) is 0 Å². The van der Waals surface area contributed by atoms with Gasteiger partial charge in [0.1, 0.15) is 0 Å². The lowest BCUT2D eigenvalue weighted by Gasteiger charge is -2.06. The van der Waals surface area contributed by atoms with Gasteiger partial charge in [-0.05, 0) is 77.2 Å². The monoisotopic (exact) mass is 374 g/mol. The molecular weight excluding hydrogens is 352 g/mol. The molecule has 0 aliphatic heterocycles. The quantitative estimate of drug-likeness (QED) is 0.330. The third kappa shape index (κ3) is 3.53. The Labute approximate surface area is 170 Å². The van der Waals surface area contributed by atoms with Crippen molar-refractivity contribution in [1.29, 1.82) is 0 Å². The van der Waals surface area contributed by atoms with Crippen LogP contribution in [0, 0.1) is 6.92 Å². The predicted molar refractivity (Wildman–Crippen MR) is 122 cm³/mol. The summed E-state index contributed by atoms with van der Waals surface area (Å²) >= 11 is 0. The van der Waals surface area contributed by atoms with E-state index in [1.165, 1.54) is 27.8 Å². The minimum absolute atomic E-state index is 1.13. The molecule has 0 unspecified atom stereocenters. The van der Waals surface area contributed by atoms with E-state index in [0.29, 0.717) is 0 Å². The highest BCUT2D eigenvalue weighted by molar-refractivity contribution is 5.75. The molecule has 0 spiro atoms. The molecule has 0 saturated carbocycles. The van der Waals surface area contributed by atoms with Crippen LogP contribution in [0.5, 0.6) is 0 Å². The summed E-state index contributed by atoms with van der Waals surface area (Å²) in [4.78, 5) is 7.15. The first kappa shape index (κ1) is 17.3. The zero-order chi connectivity index (χ0) is 19.6. The molecule has 0 saturated heterocycles. The maximum atomic E-state index is 3.57. The van der Waals surface area contributed by atoms with Gasteiger partial charge in [0.25, 0.3) is 0 Å². The molecule has 0 radical (unpaired) electrons. The zero-order valence-electron chi connectivity index (χ0n) is 16.3. The SMILES string of the molecule is Cc1cc(-c2ccc(-c3ccccc3)[nH]2)cc(-c2ccc(-c3ccccc3)[nH]2)c1. The van der Waals surface area contributed by atoms with Gasteiger partial charge in [-0.2, -0.15) is 0 Å². The minimum Gasteiger partial charge on any atom is -0.355 e. The number of aryl methyl sites for hydroxylation is 1. The standard InChI is InChI=1S/C27H22N2/c1-19-16-22(26-14-12-24(28-26)20-8-4-2-5-9-20)18-23(17-19)27-15-13-25(29-27)21-10-6-3-7-11-21/h2-18,28-29H,1H3. The topological polar surface area (TPSA) is 31.6 Å². The second kappa shape index (κ2) is 7.33. The lowest BCUT2D eigenvalue weighted by Crippen LogP contribution is -1.86. The third-order valence-electron chi connectivity index (χ3n) is 5.24. The van der Waals surface area contributed by atoms with Gasteiger partial charge in [-0.25, -0.2) is 0 Å². The van der Waals surface area contributed by atoms with E-state index >= 15 is 0 Å². The number of hydrogen-bond acceptors (Lipinski definition) is 0. The molecule has 0 aliphatic rings. The van der Waals surface area contributed by atoms with Gasteiger partial charge in [0.05, 0.1) is 0 Å². The van der Waals surface area contributed by atoms with Crippen LogP contribution in [0.3, 0.4) is 0 Å². The minimum atomic E-state index is 1.13. The summed E-state index contributed by atoms with van der Waals surface area (Å²) in [7, 11) is 0. The molecule has 0 bridgehead atoms. The van der Waals surface area contributed by atoms with Crippen LogP contribution in [0.15, 0.2) is 103 Å². The van der Waals surface area contributed by atoms with E-state index in [2.05, 4.69) is 108 Å². The first-order valence-corrected chi connectivity index (χ1v) is 9.87. The third-order valence-corrected chi connectivity index (χ3v) is 5.24. The summed E-state index contributed by atoms with van der Waals surface area (Å²) in [5, 5.41) is 0. The Hall–Kier alpha value is -3.78. The molecule has 0 fully saturated rings. The van der Waals surface area contributed by atoms with Crippen LogP contribution in [0.2, 0.25) is 0 Å². The van der Waals surface area contributed by atoms with Gasteiger partial charge >= 0.3 is 0 Å². The van der Waals surface area contributed by atoms with Crippen LogP contribution in [0.25, 0.3) is 45.0 Å². The Morgan fingerprint density at radius 2 is 0.793 bits per heavy atom. The summed E-state index contributed by atoms with van der Waals surface area (Å²) in [5.74, 6) is 0. The second-order valence-electron chi connectivity index (χ2n) is 7.39. The number of hydrogen-bond donors (Lipinski definition) is 2. The molecule has 2 heterocycles. The van der Waals surface area contributed by atoms with Crippen molar-refractivity contribution in [3.63, 3.8) is 0 Å². The summed E-state index contributed by atoms with van der Waals surface area (Å²) in [5.41, 5.74) is 10.5. The smallest absolute Gasteiger partial charge is 0.0459 e. The number of aromatic nitrogens is 2. The van der Waals surface area contributed by atoms with Gasteiger partial charge < -0.3 is 9.97 Å².